The van der Waals surface area contributed by atoms with Gasteiger partial charge in [-0.25, -0.2) is 0 Å². The van der Waals surface area contributed by atoms with E-state index in [0.29, 0.717) is 11.4 Å². The number of nitrogens with zero attached hydrogens (tertiary/aromatic N) is 6. The molecule has 0 saturated carbocycles. The molecule has 0 spiro atoms. The molecule has 60 heavy (non-hydrogen) atoms. The van der Waals surface area contributed by atoms with Gasteiger partial charge < -0.3 is 45.0 Å². The Morgan fingerprint density at radius 1 is 0.467 bits per heavy atom. The van der Waals surface area contributed by atoms with Crippen LogP contribution in [0.15, 0.2) is 107 Å². The van der Waals surface area contributed by atoms with E-state index >= 15 is 0 Å². The summed E-state index contributed by atoms with van der Waals surface area (Å²) in [4.78, 5) is 24.7. The first-order valence-electron chi connectivity index (χ1n) is 17.2. The first-order chi connectivity index (χ1) is 27.9. The van der Waals surface area contributed by atoms with E-state index in [4.69, 9.17) is 0 Å². The molecular weight excluding hydrogens is 839 g/mol. The van der Waals surface area contributed by atoms with E-state index in [1.54, 1.807) is 24.3 Å². The van der Waals surface area contributed by atoms with Crippen LogP contribution in [0.3, 0.4) is 0 Å². The van der Waals surface area contributed by atoms with Gasteiger partial charge in [-0.1, -0.05) is 60.7 Å². The van der Waals surface area contributed by atoms with Crippen molar-refractivity contribution >= 4 is 90.8 Å². The molecule has 6 rings (SSSR count). The molecule has 10 N–H and O–H groups in total. The number of anilines is 10. The van der Waals surface area contributed by atoms with Crippen LogP contribution in [0.2, 0.25) is 0 Å². The van der Waals surface area contributed by atoms with E-state index in [-0.39, 0.29) is 146 Å². The van der Waals surface area contributed by atoms with Gasteiger partial charge in [0.15, 0.2) is 0 Å². The van der Waals surface area contributed by atoms with E-state index in [1.807, 2.05) is 36.4 Å². The van der Waals surface area contributed by atoms with E-state index in [9.17, 15) is 36.2 Å². The number of rotatable bonds is 18. The Hall–Kier alpha value is -4.82. The molecule has 0 aliphatic rings. The van der Waals surface area contributed by atoms with Gasteiger partial charge in [-0.15, -0.1) is 0 Å². The molecule has 0 atom stereocenters. The third-order valence-corrected chi connectivity index (χ3v) is 9.48. The van der Waals surface area contributed by atoms with Gasteiger partial charge in [0.1, 0.15) is 9.79 Å². The summed E-state index contributed by atoms with van der Waals surface area (Å²) < 4.78 is 70.7. The molecule has 0 aliphatic heterocycles. The van der Waals surface area contributed by atoms with Gasteiger partial charge in [0.2, 0.25) is 35.7 Å². The van der Waals surface area contributed by atoms with Crippen LogP contribution in [0.25, 0.3) is 12.2 Å². The number of hydrogen-bond acceptors (Lipinski definition) is 18. The fourth-order valence-corrected chi connectivity index (χ4v) is 6.57. The van der Waals surface area contributed by atoms with Crippen molar-refractivity contribution < 1.29 is 98.1 Å². The third kappa shape index (κ3) is 13.9. The van der Waals surface area contributed by atoms with E-state index in [1.165, 1.54) is 36.4 Å². The zero-order valence-electron chi connectivity index (χ0n) is 34.1. The molecule has 304 valence electrons. The summed E-state index contributed by atoms with van der Waals surface area (Å²) in [5.41, 5.74) is 1.59. The van der Waals surface area contributed by atoms with Crippen molar-refractivity contribution in [3.63, 3.8) is 0 Å². The second-order valence-corrected chi connectivity index (χ2v) is 14.7. The molecule has 24 heteroatoms. The van der Waals surface area contributed by atoms with Crippen molar-refractivity contribution in [2.45, 2.75) is 9.79 Å². The largest absolute Gasteiger partial charge is 1.00 e. The van der Waals surface area contributed by atoms with E-state index in [0.717, 1.165) is 12.1 Å². The van der Waals surface area contributed by atoms with Crippen molar-refractivity contribution in [1.82, 2.24) is 29.9 Å². The zero-order chi connectivity index (χ0) is 41.1. The molecule has 0 fully saturated rings. The Bertz CT molecular complexity index is 2470. The first-order valence-corrected chi connectivity index (χ1v) is 20.1. The number of aliphatic hydroxyl groups is 2. The summed E-state index contributed by atoms with van der Waals surface area (Å²) in [6.45, 7) is -0.123. The Morgan fingerprint density at radius 2 is 0.783 bits per heavy atom. The maximum absolute atomic E-state index is 12.6. The number of nitrogens with one attached hydrogen (secondary N) is 6. The molecule has 6 aromatic rings. The molecule has 0 bridgehead atoms. The minimum absolute atomic E-state index is 0. The average molecular weight is 877 g/mol. The molecule has 2 heterocycles. The minimum Gasteiger partial charge on any atom is -1.00 e. The van der Waals surface area contributed by atoms with Gasteiger partial charge in [-0.2, -0.15) is 46.7 Å². The monoisotopic (exact) mass is 876 g/mol. The average Bonchev–Trinajstić information content (AvgIpc) is 3.19. The van der Waals surface area contributed by atoms with Gasteiger partial charge in [-0.05, 0) is 59.7 Å². The van der Waals surface area contributed by atoms with Crippen LogP contribution in [-0.2, 0) is 20.2 Å². The van der Waals surface area contributed by atoms with Crippen LogP contribution in [0.1, 0.15) is 14.0 Å². The quantitative estimate of drug-likeness (QED) is 0.0274. The summed E-state index contributed by atoms with van der Waals surface area (Å²) in [5.74, 6) is 0.452. The standard InChI is InChI=1S/C36H36N12O8S2.2Na.2H/c49-19-17-37-31-43-33(39-25-7-3-1-4-8-25)47-35(45-31)41-27-15-13-23(29(21-27)57(51,52)53)11-12-24-14-16-28(22-30(24)58(54,55)56)42-36-46-32(38-18-20-50)44-34(48-36)40-26-9-5-2-6-10-26;;;;/h1-16,21-22,49-50H,17-20H2,(H,51,52,53)(H,54,55,56)(H3,37,39,41,43,45,47)(H3,38,40,42,44,46,48);;;;/q;2*+1;2*-1. The molecule has 0 radical (unpaired) electrons. The second-order valence-electron chi connectivity index (χ2n) is 11.9. The van der Waals surface area contributed by atoms with E-state index in [2.05, 4.69) is 61.8 Å². The Kier molecular flexibility index (Phi) is 17.7. The summed E-state index contributed by atoms with van der Waals surface area (Å²) in [5, 5.41) is 36.1. The normalized spacial score (nSPS) is 11.2. The molecular formula is C36H38N12Na2O8S2. The van der Waals surface area contributed by atoms with Crippen molar-refractivity contribution in [1.29, 1.82) is 0 Å². The maximum Gasteiger partial charge on any atom is 1.00 e. The minimum atomic E-state index is -4.85. The number of benzene rings is 4. The van der Waals surface area contributed by atoms with Crippen LogP contribution >= 0.6 is 0 Å². The SMILES string of the molecule is O=S(=O)(O)c1cc(Nc2nc(NCCO)nc(Nc3ccccc3)n2)ccc1C=Cc1ccc(Nc2nc(NCCO)nc(Nc3ccccc3)n2)cc1S(=O)(=O)O.[H-].[H-].[Na+].[Na+]. The van der Waals surface area contributed by atoms with Crippen LogP contribution in [0.5, 0.6) is 0 Å². The molecule has 0 saturated heterocycles. The Balaban J connectivity index is 0.00000331. The molecule has 4 aromatic carbocycles. The van der Waals surface area contributed by atoms with Crippen LogP contribution < -0.4 is 91.0 Å². The van der Waals surface area contributed by atoms with Gasteiger partial charge >= 0.3 is 59.1 Å². The van der Waals surface area contributed by atoms with Crippen LogP contribution in [0, 0.1) is 0 Å². The molecule has 0 unspecified atom stereocenters. The summed E-state index contributed by atoms with van der Waals surface area (Å²) >= 11 is 0. The van der Waals surface area contributed by atoms with Crippen molar-refractivity contribution in [2.75, 3.05) is 58.2 Å². The van der Waals surface area contributed by atoms with Crippen molar-refractivity contribution in [2.24, 2.45) is 0 Å². The summed E-state index contributed by atoms with van der Waals surface area (Å²) in [6, 6.07) is 26.0. The number of hydrogen-bond donors (Lipinski definition) is 10. The summed E-state index contributed by atoms with van der Waals surface area (Å²) in [7, 11) is -9.70. The van der Waals surface area contributed by atoms with Crippen molar-refractivity contribution in [3.8, 4) is 0 Å². The maximum atomic E-state index is 12.6. The number of para-hydroxylation sites is 2. The van der Waals surface area contributed by atoms with Gasteiger partial charge in [-0.3, -0.25) is 9.11 Å². The molecule has 0 amide bonds. The molecule has 20 nitrogen and oxygen atoms in total. The predicted molar refractivity (Wildman–Crippen MR) is 220 cm³/mol. The fraction of sp³-hybridized carbons (Fsp3) is 0.111. The van der Waals surface area contributed by atoms with E-state index < -0.39 is 30.0 Å². The smallest absolute Gasteiger partial charge is 1.00 e. The van der Waals surface area contributed by atoms with Gasteiger partial charge in [0, 0.05) is 35.8 Å². The fourth-order valence-electron chi connectivity index (χ4n) is 5.15. The molecule has 2 aromatic heterocycles. The topological polar surface area (TPSA) is 299 Å². The predicted octanol–water partition coefficient (Wildman–Crippen LogP) is -1.26. The molecule has 0 aliphatic carbocycles. The number of aliphatic hydroxyl groups excluding tert-OH is 2. The second kappa shape index (κ2) is 22.1. The van der Waals surface area contributed by atoms with Crippen molar-refractivity contribution in [3.05, 3.63) is 108 Å². The van der Waals surface area contributed by atoms with Gasteiger partial charge in [0.25, 0.3) is 20.2 Å². The van der Waals surface area contributed by atoms with Crippen LogP contribution in [-0.4, -0.2) is 92.4 Å². The Morgan fingerprint density at radius 3 is 1.10 bits per heavy atom. The zero-order valence-corrected chi connectivity index (χ0v) is 37.8. The Labute approximate surface area is 391 Å². The number of aromatic nitrogens is 6. The first kappa shape index (κ1) is 47.9. The summed E-state index contributed by atoms with van der Waals surface area (Å²) in [6.07, 6.45) is 2.50. The van der Waals surface area contributed by atoms with Crippen LogP contribution in [0.4, 0.5) is 58.4 Å². The third-order valence-electron chi connectivity index (χ3n) is 7.66. The van der Waals surface area contributed by atoms with Gasteiger partial charge in [0.05, 0.1) is 13.2 Å².